The fourth-order valence-corrected chi connectivity index (χ4v) is 2.19. The van der Waals surface area contributed by atoms with Crippen molar-refractivity contribution in [3.63, 3.8) is 0 Å². The topological polar surface area (TPSA) is 94.5 Å². The maximum absolute atomic E-state index is 11.6. The summed E-state index contributed by atoms with van der Waals surface area (Å²) in [4.78, 5) is 26.4. The monoisotopic (exact) mass is 302 g/mol. The van der Waals surface area contributed by atoms with Crippen LogP contribution in [0.15, 0.2) is 34.7 Å². The molecule has 2 rings (SSSR count). The summed E-state index contributed by atoms with van der Waals surface area (Å²) in [5, 5.41) is 17.1. The molecule has 0 radical (unpaired) electrons. The number of hydrazone groups is 1. The van der Waals surface area contributed by atoms with Crippen LogP contribution in [-0.2, 0) is 11.2 Å². The summed E-state index contributed by atoms with van der Waals surface area (Å²) in [6, 6.07) is 5.97. The highest BCUT2D eigenvalue weighted by atomic mass is 32.1. The van der Waals surface area contributed by atoms with Crippen LogP contribution in [0.1, 0.15) is 26.6 Å². The zero-order valence-electron chi connectivity index (χ0n) is 11.2. The number of aromatic nitrogens is 1. The number of nitrogens with zero attached hydrogens (tertiary/aromatic N) is 2. The second-order valence-electron chi connectivity index (χ2n) is 4.24. The summed E-state index contributed by atoms with van der Waals surface area (Å²) < 4.78 is 0. The van der Waals surface area contributed by atoms with Gasteiger partial charge in [0.15, 0.2) is 0 Å². The Hall–Kier alpha value is -2.54. The average molecular weight is 302 g/mol. The van der Waals surface area contributed by atoms with Gasteiger partial charge in [0, 0.05) is 5.38 Å². The molecule has 6 nitrogen and oxygen atoms in total. The van der Waals surface area contributed by atoms with Crippen molar-refractivity contribution in [3.05, 3.63) is 51.5 Å². The molecular weight excluding hydrogens is 290 g/mol. The molecule has 0 atom stereocenters. The third-order valence-corrected chi connectivity index (χ3v) is 3.38. The molecule has 0 saturated heterocycles. The highest BCUT2D eigenvalue weighted by Crippen LogP contribution is 2.08. The Morgan fingerprint density at radius 2 is 2.10 bits per heavy atom. The summed E-state index contributed by atoms with van der Waals surface area (Å²) in [7, 11) is 0. The number of carboxylic acids is 1. The molecule has 0 aliphatic rings. The first-order valence-corrected chi connectivity index (χ1v) is 6.97. The van der Waals surface area contributed by atoms with Crippen molar-refractivity contribution in [2.45, 2.75) is 13.3 Å². The lowest BCUT2D eigenvalue weighted by Crippen LogP contribution is -2.22. The fraction of sp³-hybridized carbons (Fsp3) is 0.143. The van der Waals surface area contributed by atoms with E-state index in [4.69, 9.17) is 0 Å². The maximum Gasteiger partial charge on any atom is 0.246 e. The second-order valence-corrected chi connectivity index (χ2v) is 5.30. The van der Waals surface area contributed by atoms with E-state index in [1.54, 1.807) is 12.1 Å². The van der Waals surface area contributed by atoms with Gasteiger partial charge in [-0.05, 0) is 18.1 Å². The molecule has 21 heavy (non-hydrogen) atoms. The number of thiazole rings is 1. The normalized spacial score (nSPS) is 10.7. The number of amides is 1. The van der Waals surface area contributed by atoms with Crippen LogP contribution in [0.3, 0.4) is 0 Å². The molecular formula is C14H12N3O3S-. The van der Waals surface area contributed by atoms with Crippen LogP contribution in [0.4, 0.5) is 0 Å². The molecule has 2 aromatic rings. The van der Waals surface area contributed by atoms with Crippen molar-refractivity contribution in [2.75, 3.05) is 0 Å². The lowest BCUT2D eigenvalue weighted by atomic mass is 10.1. The number of nitrogens with one attached hydrogen (secondary N) is 1. The van der Waals surface area contributed by atoms with Crippen LogP contribution in [0, 0.1) is 6.92 Å². The van der Waals surface area contributed by atoms with Crippen molar-refractivity contribution >= 4 is 29.4 Å². The van der Waals surface area contributed by atoms with Crippen LogP contribution < -0.4 is 10.5 Å². The number of hydrogen-bond donors (Lipinski definition) is 1. The van der Waals surface area contributed by atoms with Crippen LogP contribution in [0.5, 0.6) is 0 Å². The zero-order valence-corrected chi connectivity index (χ0v) is 12.0. The van der Waals surface area contributed by atoms with Crippen molar-refractivity contribution in [1.29, 1.82) is 0 Å². The Labute approximate surface area is 125 Å². The lowest BCUT2D eigenvalue weighted by molar-refractivity contribution is -0.255. The number of hydrogen-bond acceptors (Lipinski definition) is 6. The van der Waals surface area contributed by atoms with Crippen LogP contribution in [-0.4, -0.2) is 23.1 Å². The predicted molar refractivity (Wildman–Crippen MR) is 77.1 cm³/mol. The number of aryl methyl sites for hydroxylation is 1. The summed E-state index contributed by atoms with van der Waals surface area (Å²) >= 11 is 1.49. The zero-order chi connectivity index (χ0) is 15.2. The van der Waals surface area contributed by atoms with Gasteiger partial charge in [-0.3, -0.25) is 4.79 Å². The SMILES string of the molecule is Cc1nc(CC(=O)N/N=C\c2ccc(C(=O)[O-])cc2)cs1. The molecule has 0 unspecified atom stereocenters. The summed E-state index contributed by atoms with van der Waals surface area (Å²) in [6.45, 7) is 1.88. The van der Waals surface area contributed by atoms with E-state index in [9.17, 15) is 14.7 Å². The molecule has 1 aromatic heterocycles. The van der Waals surface area contributed by atoms with Crippen molar-refractivity contribution in [1.82, 2.24) is 10.4 Å². The largest absolute Gasteiger partial charge is 0.545 e. The third-order valence-electron chi connectivity index (χ3n) is 2.56. The van der Waals surface area contributed by atoms with Gasteiger partial charge >= 0.3 is 0 Å². The third kappa shape index (κ3) is 4.50. The Balaban J connectivity index is 1.86. The molecule has 0 fully saturated rings. The molecule has 1 heterocycles. The molecule has 0 spiro atoms. The molecule has 1 aromatic carbocycles. The van der Waals surface area contributed by atoms with E-state index in [1.165, 1.54) is 29.7 Å². The van der Waals surface area contributed by atoms with Gasteiger partial charge in [0.2, 0.25) is 5.91 Å². The molecule has 7 heteroatoms. The Morgan fingerprint density at radius 1 is 1.38 bits per heavy atom. The maximum atomic E-state index is 11.6. The van der Waals surface area contributed by atoms with Crippen molar-refractivity contribution in [2.24, 2.45) is 5.10 Å². The Bertz CT molecular complexity index is 677. The van der Waals surface area contributed by atoms with Gasteiger partial charge < -0.3 is 9.90 Å². The van der Waals surface area contributed by atoms with Crippen molar-refractivity contribution in [3.8, 4) is 0 Å². The van der Waals surface area contributed by atoms with Gasteiger partial charge in [0.25, 0.3) is 0 Å². The van der Waals surface area contributed by atoms with Crippen LogP contribution >= 0.6 is 11.3 Å². The minimum Gasteiger partial charge on any atom is -0.545 e. The minimum atomic E-state index is -1.23. The highest BCUT2D eigenvalue weighted by Gasteiger charge is 2.04. The predicted octanol–water partition coefficient (Wildman–Crippen LogP) is 0.508. The van der Waals surface area contributed by atoms with Gasteiger partial charge in [-0.1, -0.05) is 24.3 Å². The van der Waals surface area contributed by atoms with Gasteiger partial charge in [-0.15, -0.1) is 11.3 Å². The van der Waals surface area contributed by atoms with Crippen molar-refractivity contribution < 1.29 is 14.7 Å². The minimum absolute atomic E-state index is 0.0927. The first-order chi connectivity index (χ1) is 10.0. The van der Waals surface area contributed by atoms with E-state index in [2.05, 4.69) is 15.5 Å². The fourth-order valence-electron chi connectivity index (χ4n) is 1.58. The molecule has 1 N–H and O–H groups in total. The molecule has 1 amide bonds. The van der Waals surface area contributed by atoms with E-state index in [0.717, 1.165) is 5.01 Å². The van der Waals surface area contributed by atoms with Gasteiger partial charge in [0.05, 0.1) is 29.3 Å². The van der Waals surface area contributed by atoms with Gasteiger partial charge in [0.1, 0.15) is 0 Å². The summed E-state index contributed by atoms with van der Waals surface area (Å²) in [5.74, 6) is -1.49. The lowest BCUT2D eigenvalue weighted by Gasteiger charge is -2.01. The van der Waals surface area contributed by atoms with E-state index in [0.29, 0.717) is 11.3 Å². The number of carbonyl (C=O) groups is 2. The van der Waals surface area contributed by atoms with E-state index in [1.807, 2.05) is 12.3 Å². The average Bonchev–Trinajstić information content (AvgIpc) is 2.84. The molecule has 108 valence electrons. The number of carboxylic acid groups (broad SMARTS) is 1. The molecule has 0 aliphatic heterocycles. The number of carbonyl (C=O) groups excluding carboxylic acids is 2. The molecule has 0 aliphatic carbocycles. The second kappa shape index (κ2) is 6.76. The highest BCUT2D eigenvalue weighted by molar-refractivity contribution is 7.09. The standard InChI is InChI=1S/C14H13N3O3S/c1-9-16-12(8-21-9)6-13(18)17-15-7-10-2-4-11(5-3-10)14(19)20/h2-5,7-8H,6H2,1H3,(H,17,18)(H,19,20)/p-1/b15-7-. The first kappa shape index (κ1) is 14.9. The van der Waals surface area contributed by atoms with Gasteiger partial charge in [-0.2, -0.15) is 5.10 Å². The summed E-state index contributed by atoms with van der Waals surface area (Å²) in [6.07, 6.45) is 1.61. The van der Waals surface area contributed by atoms with E-state index < -0.39 is 5.97 Å². The van der Waals surface area contributed by atoms with E-state index >= 15 is 0 Å². The number of rotatable bonds is 5. The Kier molecular flexibility index (Phi) is 4.78. The first-order valence-electron chi connectivity index (χ1n) is 6.09. The number of aromatic carboxylic acids is 1. The quantitative estimate of drug-likeness (QED) is 0.643. The molecule has 0 bridgehead atoms. The smallest absolute Gasteiger partial charge is 0.246 e. The molecule has 0 saturated carbocycles. The Morgan fingerprint density at radius 3 is 2.67 bits per heavy atom. The summed E-state index contributed by atoms with van der Waals surface area (Å²) in [5.41, 5.74) is 3.87. The van der Waals surface area contributed by atoms with Crippen LogP contribution in [0.25, 0.3) is 0 Å². The van der Waals surface area contributed by atoms with Crippen LogP contribution in [0.2, 0.25) is 0 Å². The number of benzene rings is 1. The van der Waals surface area contributed by atoms with Gasteiger partial charge in [-0.25, -0.2) is 10.4 Å². The van der Waals surface area contributed by atoms with E-state index in [-0.39, 0.29) is 17.9 Å².